The number of anilines is 1. The van der Waals surface area contributed by atoms with Crippen LogP contribution in [0.4, 0.5) is 5.82 Å². The number of morpholine rings is 1. The predicted molar refractivity (Wildman–Crippen MR) is 82.7 cm³/mol. The van der Waals surface area contributed by atoms with Crippen molar-refractivity contribution in [2.75, 3.05) is 32.1 Å². The van der Waals surface area contributed by atoms with Gasteiger partial charge in [0.15, 0.2) is 5.82 Å². The first-order chi connectivity index (χ1) is 10.1. The molecule has 0 bridgehead atoms. The number of rotatable bonds is 3. The van der Waals surface area contributed by atoms with Crippen LogP contribution in [0.5, 0.6) is 0 Å². The molecule has 0 aliphatic carbocycles. The first-order valence-corrected chi connectivity index (χ1v) is 7.71. The monoisotopic (exact) mass is 306 g/mol. The molecule has 3 heterocycles. The molecule has 112 valence electrons. The van der Waals surface area contributed by atoms with Crippen LogP contribution in [0.1, 0.15) is 16.3 Å². The van der Waals surface area contributed by atoms with Crippen LogP contribution in [0.25, 0.3) is 10.2 Å². The summed E-state index contributed by atoms with van der Waals surface area (Å²) in [6.07, 6.45) is 0. The van der Waals surface area contributed by atoms with Crippen molar-refractivity contribution in [1.29, 1.82) is 0 Å². The third-order valence-electron chi connectivity index (χ3n) is 3.73. The highest BCUT2D eigenvalue weighted by Crippen LogP contribution is 2.33. The normalized spacial score (nSPS) is 15.8. The molecule has 1 amide bonds. The molecule has 0 radical (unpaired) electrons. The number of aryl methyl sites for hydroxylation is 2. The highest BCUT2D eigenvalue weighted by Gasteiger charge is 2.21. The smallest absolute Gasteiger partial charge is 0.249 e. The van der Waals surface area contributed by atoms with E-state index in [0.717, 1.165) is 16.0 Å². The highest BCUT2D eigenvalue weighted by molar-refractivity contribution is 7.18. The molecular weight excluding hydrogens is 288 g/mol. The van der Waals surface area contributed by atoms with Crippen molar-refractivity contribution in [3.63, 3.8) is 0 Å². The van der Waals surface area contributed by atoms with Gasteiger partial charge in [0.05, 0.1) is 18.5 Å². The lowest BCUT2D eigenvalue weighted by atomic mass is 10.2. The summed E-state index contributed by atoms with van der Waals surface area (Å²) in [5.74, 6) is 1.50. The number of hydrogen-bond acceptors (Lipinski definition) is 6. The summed E-state index contributed by atoms with van der Waals surface area (Å²) >= 11 is 1.67. The number of amides is 1. The highest BCUT2D eigenvalue weighted by atomic mass is 32.1. The lowest BCUT2D eigenvalue weighted by molar-refractivity contribution is -0.143. The van der Waals surface area contributed by atoms with E-state index in [1.165, 1.54) is 10.4 Å². The second-order valence-corrected chi connectivity index (χ2v) is 6.27. The van der Waals surface area contributed by atoms with Gasteiger partial charge in [0.1, 0.15) is 17.3 Å². The predicted octanol–water partition coefficient (Wildman–Crippen LogP) is 1.71. The summed E-state index contributed by atoms with van der Waals surface area (Å²) in [6.45, 7) is 5.93. The number of nitrogens with zero attached hydrogens (tertiary/aromatic N) is 3. The van der Waals surface area contributed by atoms with Gasteiger partial charge in [0.25, 0.3) is 0 Å². The maximum Gasteiger partial charge on any atom is 0.249 e. The van der Waals surface area contributed by atoms with E-state index >= 15 is 0 Å². The fraction of sp³-hybridized carbons (Fsp3) is 0.500. The average molecular weight is 306 g/mol. The molecule has 2 aromatic rings. The minimum atomic E-state index is -0.00510. The van der Waals surface area contributed by atoms with Crippen molar-refractivity contribution in [2.45, 2.75) is 20.4 Å². The molecule has 1 saturated heterocycles. The molecule has 1 fully saturated rings. The standard InChI is InChI=1S/C14H18N4O2S/c1-8-9(2)21-14-12(8)13(15-3)16-10(17-14)6-18-4-5-20-7-11(18)19/h4-7H2,1-3H3,(H,15,16,17). The Balaban J connectivity index is 1.97. The molecule has 6 nitrogen and oxygen atoms in total. The SMILES string of the molecule is CNc1nc(CN2CCOCC2=O)nc2sc(C)c(C)c12. The molecule has 0 atom stereocenters. The maximum atomic E-state index is 11.8. The van der Waals surface area contributed by atoms with Gasteiger partial charge in [0.2, 0.25) is 5.91 Å². The van der Waals surface area contributed by atoms with Crippen molar-refractivity contribution in [2.24, 2.45) is 0 Å². The van der Waals surface area contributed by atoms with Gasteiger partial charge in [-0.3, -0.25) is 4.79 Å². The molecule has 0 spiro atoms. The number of thiophene rings is 1. The number of hydrogen-bond donors (Lipinski definition) is 1. The van der Waals surface area contributed by atoms with Crippen LogP contribution in [0.15, 0.2) is 0 Å². The largest absolute Gasteiger partial charge is 0.372 e. The summed E-state index contributed by atoms with van der Waals surface area (Å²) < 4.78 is 5.14. The van der Waals surface area contributed by atoms with Crippen LogP contribution in [-0.4, -0.2) is 47.6 Å². The third-order valence-corrected chi connectivity index (χ3v) is 4.83. The van der Waals surface area contributed by atoms with E-state index < -0.39 is 0 Å². The zero-order valence-electron chi connectivity index (χ0n) is 12.4. The lowest BCUT2D eigenvalue weighted by Crippen LogP contribution is -2.41. The summed E-state index contributed by atoms with van der Waals surface area (Å²) in [6, 6.07) is 0. The Labute approximate surface area is 127 Å². The van der Waals surface area contributed by atoms with Crippen LogP contribution in [-0.2, 0) is 16.1 Å². The Morgan fingerprint density at radius 2 is 2.19 bits per heavy atom. The van der Waals surface area contributed by atoms with Crippen molar-refractivity contribution >= 4 is 33.3 Å². The van der Waals surface area contributed by atoms with Gasteiger partial charge in [-0.25, -0.2) is 9.97 Å². The average Bonchev–Trinajstić information content (AvgIpc) is 2.76. The molecule has 3 rings (SSSR count). The van der Waals surface area contributed by atoms with Gasteiger partial charge >= 0.3 is 0 Å². The maximum absolute atomic E-state index is 11.8. The number of aromatic nitrogens is 2. The Bertz CT molecular complexity index is 698. The number of carbonyl (C=O) groups is 1. The molecule has 1 aliphatic heterocycles. The Hall–Kier alpha value is -1.73. The molecule has 21 heavy (non-hydrogen) atoms. The van der Waals surface area contributed by atoms with Gasteiger partial charge in [-0.1, -0.05) is 0 Å². The molecule has 2 aromatic heterocycles. The second-order valence-electron chi connectivity index (χ2n) is 5.07. The van der Waals surface area contributed by atoms with E-state index in [1.54, 1.807) is 16.2 Å². The van der Waals surface area contributed by atoms with Crippen LogP contribution in [0.3, 0.4) is 0 Å². The van der Waals surface area contributed by atoms with Gasteiger partial charge in [-0.2, -0.15) is 0 Å². The molecule has 0 unspecified atom stereocenters. The van der Waals surface area contributed by atoms with E-state index in [9.17, 15) is 4.79 Å². The van der Waals surface area contributed by atoms with Gasteiger partial charge in [-0.05, 0) is 19.4 Å². The minimum Gasteiger partial charge on any atom is -0.372 e. The Morgan fingerprint density at radius 1 is 1.38 bits per heavy atom. The van der Waals surface area contributed by atoms with Gasteiger partial charge in [-0.15, -0.1) is 11.3 Å². The number of nitrogens with one attached hydrogen (secondary N) is 1. The van der Waals surface area contributed by atoms with Gasteiger partial charge < -0.3 is 15.0 Å². The van der Waals surface area contributed by atoms with Crippen molar-refractivity contribution < 1.29 is 9.53 Å². The van der Waals surface area contributed by atoms with E-state index in [-0.39, 0.29) is 12.5 Å². The van der Waals surface area contributed by atoms with E-state index in [2.05, 4.69) is 29.1 Å². The topological polar surface area (TPSA) is 67.3 Å². The van der Waals surface area contributed by atoms with Crippen molar-refractivity contribution in [1.82, 2.24) is 14.9 Å². The van der Waals surface area contributed by atoms with Crippen molar-refractivity contribution in [3.05, 3.63) is 16.3 Å². The summed E-state index contributed by atoms with van der Waals surface area (Å²) in [5.41, 5.74) is 1.22. The van der Waals surface area contributed by atoms with Crippen LogP contribution >= 0.6 is 11.3 Å². The van der Waals surface area contributed by atoms with Crippen molar-refractivity contribution in [3.8, 4) is 0 Å². The van der Waals surface area contributed by atoms with Gasteiger partial charge in [0, 0.05) is 18.5 Å². The molecule has 1 aliphatic rings. The van der Waals surface area contributed by atoms with Crippen LogP contribution in [0.2, 0.25) is 0 Å². The van der Waals surface area contributed by atoms with E-state index in [0.29, 0.717) is 25.5 Å². The number of carbonyl (C=O) groups excluding carboxylic acids is 1. The molecule has 0 aromatic carbocycles. The van der Waals surface area contributed by atoms with Crippen LogP contribution in [0, 0.1) is 13.8 Å². The summed E-state index contributed by atoms with van der Waals surface area (Å²) in [7, 11) is 1.86. The molecular formula is C14H18N4O2S. The zero-order valence-corrected chi connectivity index (χ0v) is 13.2. The quantitative estimate of drug-likeness (QED) is 0.935. The number of ether oxygens (including phenoxy) is 1. The molecule has 1 N–H and O–H groups in total. The van der Waals surface area contributed by atoms with E-state index in [1.807, 2.05) is 7.05 Å². The summed E-state index contributed by atoms with van der Waals surface area (Å²) in [4.78, 5) is 25.0. The molecule has 0 saturated carbocycles. The van der Waals surface area contributed by atoms with Crippen LogP contribution < -0.4 is 5.32 Å². The first-order valence-electron chi connectivity index (χ1n) is 6.90. The second kappa shape index (κ2) is 5.57. The Kier molecular flexibility index (Phi) is 3.77. The van der Waals surface area contributed by atoms with E-state index in [4.69, 9.17) is 4.74 Å². The zero-order chi connectivity index (χ0) is 15.0. The minimum absolute atomic E-state index is 0.00510. The fourth-order valence-corrected chi connectivity index (χ4v) is 3.48. The lowest BCUT2D eigenvalue weighted by Gasteiger charge is -2.26. The number of fused-ring (bicyclic) bond motifs is 1. The molecule has 7 heteroatoms. The summed E-state index contributed by atoms with van der Waals surface area (Å²) in [5, 5.41) is 4.22. The third kappa shape index (κ3) is 2.58. The fourth-order valence-electron chi connectivity index (χ4n) is 2.43. The first kappa shape index (κ1) is 14.2. The Morgan fingerprint density at radius 3 is 2.90 bits per heavy atom.